The summed E-state index contributed by atoms with van der Waals surface area (Å²) in [5.41, 5.74) is 0. The lowest BCUT2D eigenvalue weighted by atomic mass is 10.7. The molecule has 0 atom stereocenters. The fourth-order valence-corrected chi connectivity index (χ4v) is 1.12. The first-order valence-electron chi connectivity index (χ1n) is 3.51. The van der Waals surface area contributed by atoms with Crippen molar-refractivity contribution < 1.29 is 25.9 Å². The van der Waals surface area contributed by atoms with Crippen LogP contribution in [0.25, 0.3) is 0 Å². The van der Waals surface area contributed by atoms with Crippen molar-refractivity contribution in [3.8, 4) is 0 Å². The lowest BCUT2D eigenvalue weighted by molar-refractivity contribution is 0.281. The topological polar surface area (TPSA) is 99.1 Å². The molecule has 0 aliphatic heterocycles. The molecule has 0 spiro atoms. The highest BCUT2D eigenvalue weighted by Gasteiger charge is 2.26. The van der Waals surface area contributed by atoms with E-state index in [-0.39, 0.29) is 12.5 Å². The van der Waals surface area contributed by atoms with Gasteiger partial charge in [0, 0.05) is 6.92 Å². The van der Waals surface area contributed by atoms with Gasteiger partial charge in [-0.15, -0.1) is 0 Å². The van der Waals surface area contributed by atoms with Crippen molar-refractivity contribution in [1.29, 1.82) is 0 Å². The van der Waals surface area contributed by atoms with Gasteiger partial charge in [-0.25, -0.2) is 8.42 Å². The SMILES string of the molecule is CCO/C(C)=N/OS(=O)(=O)S(C)(=O)=O. The fourth-order valence-electron chi connectivity index (χ4n) is 0.389. The molecule has 0 bridgehead atoms. The third-order valence-corrected chi connectivity index (χ3v) is 4.39. The molecule has 0 radical (unpaired) electrons. The Labute approximate surface area is 82.1 Å². The lowest BCUT2D eigenvalue weighted by Crippen LogP contribution is -2.15. The van der Waals surface area contributed by atoms with Gasteiger partial charge in [0.2, 0.25) is 5.90 Å². The predicted molar refractivity (Wildman–Crippen MR) is 49.6 cm³/mol. The molecule has 0 aromatic rings. The van der Waals surface area contributed by atoms with Crippen molar-refractivity contribution in [2.75, 3.05) is 12.9 Å². The summed E-state index contributed by atoms with van der Waals surface area (Å²) in [4.78, 5) is 0. The molecule has 0 heterocycles. The lowest BCUT2D eigenvalue weighted by Gasteiger charge is -2.01. The van der Waals surface area contributed by atoms with E-state index in [0.29, 0.717) is 6.26 Å². The molecule has 0 fully saturated rings. The summed E-state index contributed by atoms with van der Waals surface area (Å²) in [5, 5.41) is 2.98. The average Bonchev–Trinajstić information content (AvgIpc) is 1.99. The van der Waals surface area contributed by atoms with Gasteiger partial charge in [-0.1, -0.05) is 0 Å². The van der Waals surface area contributed by atoms with Gasteiger partial charge in [-0.2, -0.15) is 8.42 Å². The molecule has 0 aliphatic rings. The first-order chi connectivity index (χ1) is 6.20. The van der Waals surface area contributed by atoms with Crippen LogP contribution in [0.5, 0.6) is 0 Å². The van der Waals surface area contributed by atoms with Gasteiger partial charge in [0.25, 0.3) is 8.87 Å². The summed E-state index contributed by atoms with van der Waals surface area (Å²) in [6.45, 7) is 3.27. The molecule has 7 nitrogen and oxygen atoms in total. The van der Waals surface area contributed by atoms with Crippen LogP contribution in [0.15, 0.2) is 5.16 Å². The average molecular weight is 245 g/mol. The minimum absolute atomic E-state index is 0.0697. The summed E-state index contributed by atoms with van der Waals surface area (Å²) >= 11 is 0. The molecule has 0 unspecified atom stereocenters. The van der Waals surface area contributed by atoms with E-state index < -0.39 is 18.0 Å². The summed E-state index contributed by atoms with van der Waals surface area (Å²) in [6.07, 6.45) is 0.508. The largest absolute Gasteiger partial charge is 0.479 e. The number of hydrogen-bond donors (Lipinski definition) is 0. The van der Waals surface area contributed by atoms with Gasteiger partial charge >= 0.3 is 9.15 Å². The summed E-state index contributed by atoms with van der Waals surface area (Å²) in [6, 6.07) is 0. The van der Waals surface area contributed by atoms with Crippen LogP contribution in [0.2, 0.25) is 0 Å². The number of oxime groups is 1. The molecule has 0 amide bonds. The van der Waals surface area contributed by atoms with Crippen LogP contribution < -0.4 is 0 Å². The quantitative estimate of drug-likeness (QED) is 0.291. The number of ether oxygens (including phenoxy) is 1. The highest BCUT2D eigenvalue weighted by atomic mass is 33.2. The minimum Gasteiger partial charge on any atom is -0.479 e. The second kappa shape index (κ2) is 4.60. The number of nitrogens with zero attached hydrogens (tertiary/aromatic N) is 1. The zero-order valence-corrected chi connectivity index (χ0v) is 9.55. The van der Waals surface area contributed by atoms with E-state index in [0.717, 1.165) is 0 Å². The summed E-state index contributed by atoms with van der Waals surface area (Å²) in [7, 11) is -9.03. The first-order valence-corrected chi connectivity index (χ1v) is 7.33. The molecule has 0 saturated carbocycles. The normalized spacial score (nSPS) is 13.8. The summed E-state index contributed by atoms with van der Waals surface area (Å²) in [5.74, 6) is -0.0697. The van der Waals surface area contributed by atoms with Gasteiger partial charge in [0.1, 0.15) is 0 Å². The summed E-state index contributed by atoms with van der Waals surface area (Å²) < 4.78 is 51.3. The maximum atomic E-state index is 10.8. The van der Waals surface area contributed by atoms with Crippen LogP contribution in [-0.4, -0.2) is 35.6 Å². The minimum atomic E-state index is -4.71. The van der Waals surface area contributed by atoms with E-state index in [1.165, 1.54) is 6.92 Å². The van der Waals surface area contributed by atoms with Crippen LogP contribution in [-0.2, 0) is 27.0 Å². The van der Waals surface area contributed by atoms with Crippen molar-refractivity contribution in [2.45, 2.75) is 13.8 Å². The maximum absolute atomic E-state index is 10.8. The van der Waals surface area contributed by atoms with Crippen LogP contribution in [0.4, 0.5) is 0 Å². The van der Waals surface area contributed by atoms with Crippen LogP contribution in [0, 0.1) is 0 Å². The van der Waals surface area contributed by atoms with E-state index in [1.54, 1.807) is 6.92 Å². The second-order valence-electron chi connectivity index (χ2n) is 2.23. The Kier molecular flexibility index (Phi) is 4.33. The van der Waals surface area contributed by atoms with E-state index in [4.69, 9.17) is 4.74 Å². The standard InChI is InChI=1S/C5H11NO6S2/c1-4-11-5(2)6-12-14(9,10)13(3,7)8/h4H2,1-3H3/b6-5+. The van der Waals surface area contributed by atoms with Crippen molar-refractivity contribution in [2.24, 2.45) is 5.16 Å². The van der Waals surface area contributed by atoms with Gasteiger partial charge < -0.3 is 4.74 Å². The van der Waals surface area contributed by atoms with Crippen molar-refractivity contribution in [1.82, 2.24) is 0 Å². The molecule has 0 aromatic carbocycles. The maximum Gasteiger partial charge on any atom is 0.438 e. The second-order valence-corrected chi connectivity index (χ2v) is 7.65. The van der Waals surface area contributed by atoms with Crippen molar-refractivity contribution >= 4 is 23.9 Å². The van der Waals surface area contributed by atoms with Crippen molar-refractivity contribution in [3.63, 3.8) is 0 Å². The van der Waals surface area contributed by atoms with Crippen molar-refractivity contribution in [3.05, 3.63) is 0 Å². The Morgan fingerprint density at radius 1 is 1.29 bits per heavy atom. The highest BCUT2D eigenvalue weighted by molar-refractivity contribution is 8.65. The molecule has 0 saturated heterocycles. The molecular formula is C5H11NO6S2. The third-order valence-electron chi connectivity index (χ3n) is 0.981. The van der Waals surface area contributed by atoms with Gasteiger partial charge in [0.05, 0.1) is 12.9 Å². The third kappa shape index (κ3) is 3.92. The Balaban J connectivity index is 4.66. The molecule has 9 heteroatoms. The van der Waals surface area contributed by atoms with Crippen LogP contribution in [0.1, 0.15) is 13.8 Å². The zero-order valence-electron chi connectivity index (χ0n) is 7.92. The Hall–Kier alpha value is -0.830. The van der Waals surface area contributed by atoms with E-state index in [1.807, 2.05) is 0 Å². The van der Waals surface area contributed by atoms with Gasteiger partial charge in [-0.05, 0) is 12.1 Å². The Morgan fingerprint density at radius 3 is 2.14 bits per heavy atom. The van der Waals surface area contributed by atoms with E-state index in [2.05, 4.69) is 9.44 Å². The predicted octanol–water partition coefficient (Wildman–Crippen LogP) is -0.338. The first kappa shape index (κ1) is 13.2. The van der Waals surface area contributed by atoms with E-state index >= 15 is 0 Å². The molecule has 0 rings (SSSR count). The highest BCUT2D eigenvalue weighted by Crippen LogP contribution is 2.03. The zero-order chi connectivity index (χ0) is 11.4. The van der Waals surface area contributed by atoms with E-state index in [9.17, 15) is 16.8 Å². The number of hydrogen-bond acceptors (Lipinski definition) is 7. The molecule has 0 aromatic heterocycles. The molecule has 0 aliphatic carbocycles. The molecule has 0 N–H and O–H groups in total. The smallest absolute Gasteiger partial charge is 0.438 e. The van der Waals surface area contributed by atoms with Gasteiger partial charge in [0.15, 0.2) is 0 Å². The molecule has 84 valence electrons. The van der Waals surface area contributed by atoms with Crippen LogP contribution in [0.3, 0.4) is 0 Å². The Morgan fingerprint density at radius 2 is 1.79 bits per heavy atom. The fraction of sp³-hybridized carbons (Fsp3) is 0.800. The molecular weight excluding hydrogens is 234 g/mol. The molecule has 14 heavy (non-hydrogen) atoms. The Bertz CT molecular complexity index is 406. The monoisotopic (exact) mass is 245 g/mol. The van der Waals surface area contributed by atoms with Gasteiger partial charge in [-0.3, -0.25) is 4.28 Å². The van der Waals surface area contributed by atoms with Crippen LogP contribution >= 0.6 is 0 Å². The number of rotatable bonds is 4.